The standard InChI is InChI=1S/C16H21F/c1-5-13-15(17)7-6-12-8-11(4)9-14(10(2)3)16(12)13/h8-10H,5-7H2,1-4H3. The van der Waals surface area contributed by atoms with E-state index in [0.29, 0.717) is 12.3 Å². The molecule has 0 atom stereocenters. The molecule has 0 fully saturated rings. The van der Waals surface area contributed by atoms with E-state index in [9.17, 15) is 4.39 Å². The van der Waals surface area contributed by atoms with Gasteiger partial charge in [0.1, 0.15) is 5.83 Å². The van der Waals surface area contributed by atoms with Crippen molar-refractivity contribution in [2.45, 2.75) is 52.9 Å². The number of hydrogen-bond donors (Lipinski definition) is 0. The molecule has 0 heterocycles. The molecule has 0 nitrogen and oxygen atoms in total. The number of fused-ring (bicyclic) bond motifs is 1. The van der Waals surface area contributed by atoms with Crippen molar-refractivity contribution in [2.24, 2.45) is 0 Å². The molecule has 1 aromatic rings. The van der Waals surface area contributed by atoms with Gasteiger partial charge in [-0.3, -0.25) is 0 Å². The fourth-order valence-electron chi connectivity index (χ4n) is 2.81. The van der Waals surface area contributed by atoms with Crippen LogP contribution in [0.3, 0.4) is 0 Å². The molecule has 0 amide bonds. The van der Waals surface area contributed by atoms with Crippen molar-refractivity contribution < 1.29 is 4.39 Å². The number of allylic oxidation sites excluding steroid dienone is 2. The Hall–Kier alpha value is -1.11. The summed E-state index contributed by atoms with van der Waals surface area (Å²) in [6.07, 6.45) is 2.23. The van der Waals surface area contributed by atoms with Crippen molar-refractivity contribution in [3.63, 3.8) is 0 Å². The van der Waals surface area contributed by atoms with Gasteiger partial charge in [0.25, 0.3) is 0 Å². The second-order valence-corrected chi connectivity index (χ2v) is 5.28. The maximum Gasteiger partial charge on any atom is 0.104 e. The first-order valence-corrected chi connectivity index (χ1v) is 6.55. The second kappa shape index (κ2) is 4.64. The molecule has 0 aliphatic heterocycles. The Kier molecular flexibility index (Phi) is 3.37. The molecule has 0 radical (unpaired) electrons. The monoisotopic (exact) mass is 232 g/mol. The van der Waals surface area contributed by atoms with E-state index in [1.54, 1.807) is 0 Å². The summed E-state index contributed by atoms with van der Waals surface area (Å²) in [5.74, 6) is 0.557. The quantitative estimate of drug-likeness (QED) is 0.661. The van der Waals surface area contributed by atoms with Crippen LogP contribution in [0.1, 0.15) is 61.8 Å². The normalized spacial score (nSPS) is 15.4. The lowest BCUT2D eigenvalue weighted by Crippen LogP contribution is -2.08. The minimum atomic E-state index is 0.103. The molecule has 92 valence electrons. The first-order valence-electron chi connectivity index (χ1n) is 6.55. The molecule has 0 bridgehead atoms. The third kappa shape index (κ3) is 2.15. The van der Waals surface area contributed by atoms with E-state index in [1.165, 1.54) is 22.3 Å². The van der Waals surface area contributed by atoms with Crippen LogP contribution >= 0.6 is 0 Å². The zero-order valence-corrected chi connectivity index (χ0v) is 11.2. The number of halogens is 1. The summed E-state index contributed by atoms with van der Waals surface area (Å²) in [5, 5.41) is 0. The van der Waals surface area contributed by atoms with Gasteiger partial charge in [-0.25, -0.2) is 4.39 Å². The van der Waals surface area contributed by atoms with Crippen LogP contribution < -0.4 is 0 Å². The molecule has 1 aromatic carbocycles. The lowest BCUT2D eigenvalue weighted by atomic mass is 9.81. The fourth-order valence-corrected chi connectivity index (χ4v) is 2.81. The van der Waals surface area contributed by atoms with Crippen molar-refractivity contribution in [1.29, 1.82) is 0 Å². The molecule has 0 N–H and O–H groups in total. The van der Waals surface area contributed by atoms with Crippen LogP contribution in [0.15, 0.2) is 18.0 Å². The van der Waals surface area contributed by atoms with E-state index in [4.69, 9.17) is 0 Å². The maximum absolute atomic E-state index is 14.0. The lowest BCUT2D eigenvalue weighted by Gasteiger charge is -2.24. The zero-order valence-electron chi connectivity index (χ0n) is 11.2. The first-order chi connectivity index (χ1) is 8.04. The Balaban J connectivity index is 2.69. The lowest BCUT2D eigenvalue weighted by molar-refractivity contribution is 0.581. The van der Waals surface area contributed by atoms with Crippen molar-refractivity contribution in [2.75, 3.05) is 0 Å². The van der Waals surface area contributed by atoms with Crippen LogP contribution in [0.2, 0.25) is 0 Å². The van der Waals surface area contributed by atoms with Crippen LogP contribution in [0.25, 0.3) is 5.57 Å². The van der Waals surface area contributed by atoms with Gasteiger partial charge in [0.2, 0.25) is 0 Å². The summed E-state index contributed by atoms with van der Waals surface area (Å²) < 4.78 is 14.0. The molecule has 17 heavy (non-hydrogen) atoms. The van der Waals surface area contributed by atoms with Gasteiger partial charge in [-0.15, -0.1) is 0 Å². The number of benzene rings is 1. The summed E-state index contributed by atoms with van der Waals surface area (Å²) in [5.41, 5.74) is 6.09. The molecule has 2 rings (SSSR count). The molecule has 1 aliphatic rings. The van der Waals surface area contributed by atoms with E-state index in [1.807, 2.05) is 6.92 Å². The molecule has 0 spiro atoms. The summed E-state index contributed by atoms with van der Waals surface area (Å²) in [6.45, 7) is 8.56. The number of rotatable bonds is 2. The predicted octanol–water partition coefficient (Wildman–Crippen LogP) is 5.16. The largest absolute Gasteiger partial charge is 0.211 e. The van der Waals surface area contributed by atoms with Crippen LogP contribution in [-0.4, -0.2) is 0 Å². The van der Waals surface area contributed by atoms with Crippen LogP contribution in [0, 0.1) is 6.92 Å². The van der Waals surface area contributed by atoms with Crippen molar-refractivity contribution in [3.8, 4) is 0 Å². The summed E-state index contributed by atoms with van der Waals surface area (Å²) in [7, 11) is 0. The SMILES string of the molecule is CCC1=C(F)CCc2cc(C)cc(C(C)C)c21. The summed E-state index contributed by atoms with van der Waals surface area (Å²) in [6, 6.07) is 4.45. The molecule has 0 saturated carbocycles. The average Bonchev–Trinajstić information content (AvgIpc) is 2.28. The van der Waals surface area contributed by atoms with Gasteiger partial charge in [0.05, 0.1) is 0 Å². The Bertz CT molecular complexity index is 467. The zero-order chi connectivity index (χ0) is 12.6. The van der Waals surface area contributed by atoms with Gasteiger partial charge in [-0.05, 0) is 47.9 Å². The molecule has 1 heteroatoms. The van der Waals surface area contributed by atoms with E-state index in [0.717, 1.165) is 18.4 Å². The second-order valence-electron chi connectivity index (χ2n) is 5.28. The Labute approximate surface area is 104 Å². The molecular formula is C16H21F. The van der Waals surface area contributed by atoms with Crippen LogP contribution in [0.4, 0.5) is 4.39 Å². The number of hydrogen-bond acceptors (Lipinski definition) is 0. The third-order valence-corrected chi connectivity index (χ3v) is 3.61. The molecule has 0 unspecified atom stereocenters. The molecule has 0 saturated heterocycles. The molecular weight excluding hydrogens is 211 g/mol. The highest BCUT2D eigenvalue weighted by atomic mass is 19.1. The van der Waals surface area contributed by atoms with E-state index in [-0.39, 0.29) is 5.83 Å². The third-order valence-electron chi connectivity index (χ3n) is 3.61. The number of aryl methyl sites for hydroxylation is 2. The fraction of sp³-hybridized carbons (Fsp3) is 0.500. The van der Waals surface area contributed by atoms with E-state index in [2.05, 4.69) is 32.9 Å². The molecule has 0 aromatic heterocycles. The Morgan fingerprint density at radius 1 is 1.24 bits per heavy atom. The highest BCUT2D eigenvalue weighted by molar-refractivity contribution is 5.75. The topological polar surface area (TPSA) is 0 Å². The van der Waals surface area contributed by atoms with Crippen molar-refractivity contribution in [1.82, 2.24) is 0 Å². The van der Waals surface area contributed by atoms with Crippen LogP contribution in [-0.2, 0) is 6.42 Å². The van der Waals surface area contributed by atoms with Gasteiger partial charge in [0, 0.05) is 6.42 Å². The predicted molar refractivity (Wildman–Crippen MR) is 71.9 cm³/mol. The van der Waals surface area contributed by atoms with Gasteiger partial charge in [-0.1, -0.05) is 38.5 Å². The van der Waals surface area contributed by atoms with Crippen molar-refractivity contribution >= 4 is 5.57 Å². The minimum Gasteiger partial charge on any atom is -0.211 e. The summed E-state index contributed by atoms with van der Waals surface area (Å²) >= 11 is 0. The minimum absolute atomic E-state index is 0.103. The van der Waals surface area contributed by atoms with Gasteiger partial charge < -0.3 is 0 Å². The van der Waals surface area contributed by atoms with Gasteiger partial charge in [-0.2, -0.15) is 0 Å². The Morgan fingerprint density at radius 2 is 1.94 bits per heavy atom. The van der Waals surface area contributed by atoms with E-state index >= 15 is 0 Å². The van der Waals surface area contributed by atoms with E-state index < -0.39 is 0 Å². The molecule has 1 aliphatic carbocycles. The highest BCUT2D eigenvalue weighted by Crippen LogP contribution is 2.39. The smallest absolute Gasteiger partial charge is 0.104 e. The average molecular weight is 232 g/mol. The van der Waals surface area contributed by atoms with Gasteiger partial charge >= 0.3 is 0 Å². The first kappa shape index (κ1) is 12.3. The summed E-state index contributed by atoms with van der Waals surface area (Å²) in [4.78, 5) is 0. The maximum atomic E-state index is 14.0. The van der Waals surface area contributed by atoms with Crippen molar-refractivity contribution in [3.05, 3.63) is 40.2 Å². The van der Waals surface area contributed by atoms with Gasteiger partial charge in [0.15, 0.2) is 0 Å². The Morgan fingerprint density at radius 3 is 2.53 bits per heavy atom. The highest BCUT2D eigenvalue weighted by Gasteiger charge is 2.22. The van der Waals surface area contributed by atoms with Crippen LogP contribution in [0.5, 0.6) is 0 Å².